The summed E-state index contributed by atoms with van der Waals surface area (Å²) in [6, 6.07) is 11.0. The molecule has 0 aliphatic carbocycles. The quantitative estimate of drug-likeness (QED) is 0.919. The Morgan fingerprint density at radius 3 is 2.48 bits per heavy atom. The highest BCUT2D eigenvalue weighted by Crippen LogP contribution is 2.16. The topological polar surface area (TPSA) is 31.4 Å². The molecule has 1 aliphatic rings. The van der Waals surface area contributed by atoms with Gasteiger partial charge in [-0.15, -0.1) is 0 Å². The summed E-state index contributed by atoms with van der Waals surface area (Å²) in [4.78, 5) is 9.18. The van der Waals surface area contributed by atoms with Gasteiger partial charge < -0.3 is 5.32 Å². The minimum atomic E-state index is -0.155. The smallest absolute Gasteiger partial charge is 0.130 e. The Morgan fingerprint density at radius 2 is 1.78 bits per heavy atom. The molecule has 0 spiro atoms. The molecule has 1 aromatic carbocycles. The lowest BCUT2D eigenvalue weighted by atomic mass is 10.1. The molecular formula is C18H23FN4. The Hall–Kier alpha value is -1.98. The molecule has 5 heteroatoms. The van der Waals surface area contributed by atoms with Crippen molar-refractivity contribution in [3.8, 4) is 0 Å². The molecule has 0 atom stereocenters. The van der Waals surface area contributed by atoms with Crippen molar-refractivity contribution in [2.24, 2.45) is 0 Å². The first-order valence-electron chi connectivity index (χ1n) is 8.05. The Labute approximate surface area is 136 Å². The van der Waals surface area contributed by atoms with E-state index in [0.29, 0.717) is 0 Å². The van der Waals surface area contributed by atoms with Crippen LogP contribution in [0.25, 0.3) is 0 Å². The van der Waals surface area contributed by atoms with E-state index in [-0.39, 0.29) is 5.82 Å². The van der Waals surface area contributed by atoms with Crippen molar-refractivity contribution in [1.29, 1.82) is 0 Å². The van der Waals surface area contributed by atoms with Gasteiger partial charge in [-0.3, -0.25) is 9.80 Å². The number of hydrogen-bond acceptors (Lipinski definition) is 4. The van der Waals surface area contributed by atoms with Crippen molar-refractivity contribution < 1.29 is 4.39 Å². The summed E-state index contributed by atoms with van der Waals surface area (Å²) in [7, 11) is 1.91. The number of pyridine rings is 1. The van der Waals surface area contributed by atoms with Gasteiger partial charge in [0.15, 0.2) is 0 Å². The van der Waals surface area contributed by atoms with Crippen LogP contribution in [-0.4, -0.2) is 48.0 Å². The zero-order chi connectivity index (χ0) is 16.1. The normalized spacial score (nSPS) is 16.4. The zero-order valence-corrected chi connectivity index (χ0v) is 13.5. The number of anilines is 1. The molecule has 1 N–H and O–H groups in total. The number of rotatable bonds is 5. The predicted molar refractivity (Wildman–Crippen MR) is 90.7 cm³/mol. The molecule has 2 aromatic rings. The van der Waals surface area contributed by atoms with Crippen molar-refractivity contribution >= 4 is 5.82 Å². The molecule has 0 unspecified atom stereocenters. The molecule has 1 aliphatic heterocycles. The number of nitrogens with one attached hydrogen (secondary N) is 1. The summed E-state index contributed by atoms with van der Waals surface area (Å²) >= 11 is 0. The highest BCUT2D eigenvalue weighted by atomic mass is 19.1. The maximum absolute atomic E-state index is 13.3. The fourth-order valence-electron chi connectivity index (χ4n) is 3.03. The van der Waals surface area contributed by atoms with E-state index >= 15 is 0 Å². The SMILES string of the molecule is CNc1ncccc1CN1CCN(Cc2cccc(F)c2)CC1. The second kappa shape index (κ2) is 7.53. The molecule has 1 aromatic heterocycles. The van der Waals surface area contributed by atoms with Crippen LogP contribution in [0.1, 0.15) is 11.1 Å². The molecule has 0 bridgehead atoms. The first kappa shape index (κ1) is 15.9. The summed E-state index contributed by atoms with van der Waals surface area (Å²) in [5.41, 5.74) is 2.27. The van der Waals surface area contributed by atoms with Crippen molar-refractivity contribution in [3.63, 3.8) is 0 Å². The minimum Gasteiger partial charge on any atom is -0.373 e. The molecule has 23 heavy (non-hydrogen) atoms. The summed E-state index contributed by atoms with van der Waals surface area (Å²) in [5.74, 6) is 0.798. The van der Waals surface area contributed by atoms with Crippen LogP contribution >= 0.6 is 0 Å². The molecule has 2 heterocycles. The lowest BCUT2D eigenvalue weighted by Crippen LogP contribution is -2.45. The fourth-order valence-corrected chi connectivity index (χ4v) is 3.03. The maximum Gasteiger partial charge on any atom is 0.130 e. The van der Waals surface area contributed by atoms with Crippen LogP contribution < -0.4 is 5.32 Å². The monoisotopic (exact) mass is 314 g/mol. The Kier molecular flexibility index (Phi) is 5.20. The van der Waals surface area contributed by atoms with E-state index in [1.807, 2.05) is 25.4 Å². The van der Waals surface area contributed by atoms with Gasteiger partial charge in [-0.05, 0) is 23.8 Å². The first-order valence-corrected chi connectivity index (χ1v) is 8.05. The Balaban J connectivity index is 1.52. The molecule has 4 nitrogen and oxygen atoms in total. The van der Waals surface area contributed by atoms with Crippen LogP contribution in [-0.2, 0) is 13.1 Å². The minimum absolute atomic E-state index is 0.155. The molecule has 0 radical (unpaired) electrons. The van der Waals surface area contributed by atoms with Gasteiger partial charge >= 0.3 is 0 Å². The van der Waals surface area contributed by atoms with Crippen LogP contribution in [0.3, 0.4) is 0 Å². The number of aromatic nitrogens is 1. The number of halogens is 1. The number of piperazine rings is 1. The third-order valence-corrected chi connectivity index (χ3v) is 4.28. The first-order chi connectivity index (χ1) is 11.2. The molecule has 0 saturated carbocycles. The van der Waals surface area contributed by atoms with E-state index in [1.165, 1.54) is 11.6 Å². The maximum atomic E-state index is 13.3. The average Bonchev–Trinajstić information content (AvgIpc) is 2.57. The molecule has 122 valence electrons. The van der Waals surface area contributed by atoms with Crippen LogP contribution in [0, 0.1) is 5.82 Å². The number of benzene rings is 1. The Bertz CT molecular complexity index is 638. The van der Waals surface area contributed by atoms with Crippen molar-refractivity contribution in [2.75, 3.05) is 38.5 Å². The van der Waals surface area contributed by atoms with Gasteiger partial charge in [-0.25, -0.2) is 9.37 Å². The van der Waals surface area contributed by atoms with E-state index in [9.17, 15) is 4.39 Å². The molecule has 0 amide bonds. The lowest BCUT2D eigenvalue weighted by molar-refractivity contribution is 0.122. The molecule has 3 rings (SSSR count). The fraction of sp³-hybridized carbons (Fsp3) is 0.389. The Morgan fingerprint density at radius 1 is 1.04 bits per heavy atom. The molecule has 1 fully saturated rings. The third kappa shape index (κ3) is 4.27. The average molecular weight is 314 g/mol. The van der Waals surface area contributed by atoms with Crippen LogP contribution in [0.5, 0.6) is 0 Å². The second-order valence-electron chi connectivity index (χ2n) is 5.94. The van der Waals surface area contributed by atoms with Crippen LogP contribution in [0.2, 0.25) is 0 Å². The van der Waals surface area contributed by atoms with Gasteiger partial charge in [-0.2, -0.15) is 0 Å². The van der Waals surface area contributed by atoms with Crippen LogP contribution in [0.15, 0.2) is 42.6 Å². The summed E-state index contributed by atoms with van der Waals surface area (Å²) < 4.78 is 13.3. The third-order valence-electron chi connectivity index (χ3n) is 4.28. The summed E-state index contributed by atoms with van der Waals surface area (Å²) in [6.07, 6.45) is 1.81. The van der Waals surface area contributed by atoms with E-state index in [4.69, 9.17) is 0 Å². The van der Waals surface area contributed by atoms with Gasteiger partial charge in [-0.1, -0.05) is 18.2 Å². The van der Waals surface area contributed by atoms with Crippen molar-refractivity contribution in [3.05, 3.63) is 59.5 Å². The van der Waals surface area contributed by atoms with Crippen molar-refractivity contribution in [2.45, 2.75) is 13.1 Å². The van der Waals surface area contributed by atoms with Gasteiger partial charge in [0.25, 0.3) is 0 Å². The van der Waals surface area contributed by atoms with E-state index < -0.39 is 0 Å². The van der Waals surface area contributed by atoms with Crippen LogP contribution in [0.4, 0.5) is 10.2 Å². The summed E-state index contributed by atoms with van der Waals surface area (Å²) in [5, 5.41) is 3.15. The van der Waals surface area contributed by atoms with Gasteiger partial charge in [0, 0.05) is 58.1 Å². The zero-order valence-electron chi connectivity index (χ0n) is 13.5. The highest BCUT2D eigenvalue weighted by Gasteiger charge is 2.18. The van der Waals surface area contributed by atoms with E-state index in [2.05, 4.69) is 26.2 Å². The molecule has 1 saturated heterocycles. The molecular weight excluding hydrogens is 291 g/mol. The van der Waals surface area contributed by atoms with E-state index in [1.54, 1.807) is 12.1 Å². The lowest BCUT2D eigenvalue weighted by Gasteiger charge is -2.35. The largest absolute Gasteiger partial charge is 0.373 e. The van der Waals surface area contributed by atoms with Crippen molar-refractivity contribution in [1.82, 2.24) is 14.8 Å². The van der Waals surface area contributed by atoms with Gasteiger partial charge in [0.2, 0.25) is 0 Å². The number of hydrogen-bond donors (Lipinski definition) is 1. The highest BCUT2D eigenvalue weighted by molar-refractivity contribution is 5.42. The van der Waals surface area contributed by atoms with E-state index in [0.717, 1.165) is 50.6 Å². The predicted octanol–water partition coefficient (Wildman–Crippen LogP) is 2.58. The standard InChI is InChI=1S/C18H23FN4/c1-20-18-16(5-3-7-21-18)14-23-10-8-22(9-11-23)13-15-4-2-6-17(19)12-15/h2-7,12H,8-11,13-14H2,1H3,(H,20,21). The van der Waals surface area contributed by atoms with Gasteiger partial charge in [0.05, 0.1) is 0 Å². The van der Waals surface area contributed by atoms with Gasteiger partial charge in [0.1, 0.15) is 11.6 Å². The second-order valence-corrected chi connectivity index (χ2v) is 5.94. The summed E-state index contributed by atoms with van der Waals surface area (Å²) in [6.45, 7) is 5.79. The number of nitrogens with zero attached hydrogens (tertiary/aromatic N) is 3.